The molecule has 0 radical (unpaired) electrons. The standard InChI is InChI=1S/C18H26N4O2/c1-5-15(17-12(2)21-22(4)13(17)3)19-18(24)20-16(11-23)14-9-7-6-8-10-14/h6-10,15-16,23H,5,11H2,1-4H3,(H2,19,20,24). The van der Waals surface area contributed by atoms with E-state index < -0.39 is 6.04 Å². The van der Waals surface area contributed by atoms with Crippen molar-refractivity contribution in [3.8, 4) is 0 Å². The Kier molecular flexibility index (Phi) is 5.98. The van der Waals surface area contributed by atoms with Crippen LogP contribution in [0.5, 0.6) is 0 Å². The van der Waals surface area contributed by atoms with Gasteiger partial charge in [-0.05, 0) is 25.8 Å². The minimum absolute atomic E-state index is 0.117. The van der Waals surface area contributed by atoms with Gasteiger partial charge in [0.25, 0.3) is 0 Å². The van der Waals surface area contributed by atoms with E-state index in [0.717, 1.165) is 28.9 Å². The summed E-state index contributed by atoms with van der Waals surface area (Å²) in [5.74, 6) is 0. The van der Waals surface area contributed by atoms with Crippen molar-refractivity contribution in [3.63, 3.8) is 0 Å². The molecule has 0 aliphatic carbocycles. The van der Waals surface area contributed by atoms with Crippen LogP contribution in [0.1, 0.15) is 47.9 Å². The number of rotatable bonds is 6. The molecule has 0 fully saturated rings. The molecule has 0 saturated heterocycles. The number of nitrogens with zero attached hydrogens (tertiary/aromatic N) is 2. The van der Waals surface area contributed by atoms with Crippen LogP contribution in [-0.4, -0.2) is 27.5 Å². The van der Waals surface area contributed by atoms with Gasteiger partial charge < -0.3 is 15.7 Å². The average molecular weight is 330 g/mol. The van der Waals surface area contributed by atoms with Crippen molar-refractivity contribution >= 4 is 6.03 Å². The van der Waals surface area contributed by atoms with Gasteiger partial charge in [-0.25, -0.2) is 4.79 Å². The SMILES string of the molecule is CCC(NC(=O)NC(CO)c1ccccc1)c1c(C)nn(C)c1C. The van der Waals surface area contributed by atoms with Gasteiger partial charge in [-0.15, -0.1) is 0 Å². The molecular formula is C18H26N4O2. The first kappa shape index (κ1) is 18.0. The van der Waals surface area contributed by atoms with E-state index in [0.29, 0.717) is 0 Å². The predicted molar refractivity (Wildman–Crippen MR) is 93.7 cm³/mol. The maximum Gasteiger partial charge on any atom is 0.315 e. The number of urea groups is 1. The zero-order chi connectivity index (χ0) is 17.7. The average Bonchev–Trinajstić information content (AvgIpc) is 2.84. The maximum absolute atomic E-state index is 12.4. The minimum atomic E-state index is -0.431. The number of nitrogens with one attached hydrogen (secondary N) is 2. The van der Waals surface area contributed by atoms with Crippen molar-refractivity contribution in [2.75, 3.05) is 6.61 Å². The summed E-state index contributed by atoms with van der Waals surface area (Å²) in [4.78, 5) is 12.4. The Morgan fingerprint density at radius 2 is 1.83 bits per heavy atom. The van der Waals surface area contributed by atoms with Crippen LogP contribution in [0.3, 0.4) is 0 Å². The van der Waals surface area contributed by atoms with Crippen LogP contribution in [0.4, 0.5) is 4.79 Å². The number of carbonyl (C=O) groups excluding carboxylic acids is 1. The largest absolute Gasteiger partial charge is 0.394 e. The summed E-state index contributed by atoms with van der Waals surface area (Å²) in [6.07, 6.45) is 0.760. The summed E-state index contributed by atoms with van der Waals surface area (Å²) in [5.41, 5.74) is 3.89. The molecule has 0 spiro atoms. The molecule has 1 heterocycles. The fourth-order valence-electron chi connectivity index (χ4n) is 2.95. The second-order valence-electron chi connectivity index (χ2n) is 5.93. The van der Waals surface area contributed by atoms with Crippen LogP contribution in [0.25, 0.3) is 0 Å². The van der Waals surface area contributed by atoms with E-state index in [1.807, 2.05) is 62.8 Å². The molecule has 0 aliphatic rings. The van der Waals surface area contributed by atoms with Crippen molar-refractivity contribution in [1.82, 2.24) is 20.4 Å². The molecule has 0 saturated carbocycles. The summed E-state index contributed by atoms with van der Waals surface area (Å²) in [6.45, 7) is 5.82. The third-order valence-corrected chi connectivity index (χ3v) is 4.32. The lowest BCUT2D eigenvalue weighted by molar-refractivity contribution is 0.214. The van der Waals surface area contributed by atoms with Crippen LogP contribution < -0.4 is 10.6 Å². The number of aliphatic hydroxyl groups is 1. The Morgan fingerprint density at radius 3 is 2.33 bits per heavy atom. The van der Waals surface area contributed by atoms with Crippen molar-refractivity contribution in [2.24, 2.45) is 7.05 Å². The Bertz CT molecular complexity index is 682. The highest BCUT2D eigenvalue weighted by Gasteiger charge is 2.22. The Morgan fingerprint density at radius 1 is 1.21 bits per heavy atom. The van der Waals surface area contributed by atoms with Gasteiger partial charge in [0.2, 0.25) is 0 Å². The number of hydrogen-bond acceptors (Lipinski definition) is 3. The lowest BCUT2D eigenvalue weighted by atomic mass is 10.0. The number of amides is 2. The summed E-state index contributed by atoms with van der Waals surface area (Å²) < 4.78 is 1.83. The smallest absolute Gasteiger partial charge is 0.315 e. The molecule has 24 heavy (non-hydrogen) atoms. The monoisotopic (exact) mass is 330 g/mol. The zero-order valence-corrected chi connectivity index (χ0v) is 14.7. The first-order chi connectivity index (χ1) is 11.5. The maximum atomic E-state index is 12.4. The zero-order valence-electron chi connectivity index (χ0n) is 14.7. The van der Waals surface area contributed by atoms with Gasteiger partial charge >= 0.3 is 6.03 Å². The molecule has 3 N–H and O–H groups in total. The number of aromatic nitrogens is 2. The van der Waals surface area contributed by atoms with E-state index in [9.17, 15) is 9.90 Å². The molecule has 2 atom stereocenters. The van der Waals surface area contributed by atoms with Crippen LogP contribution in [0, 0.1) is 13.8 Å². The van der Waals surface area contributed by atoms with Gasteiger partial charge in [0, 0.05) is 18.3 Å². The third-order valence-electron chi connectivity index (χ3n) is 4.32. The van der Waals surface area contributed by atoms with Crippen molar-refractivity contribution < 1.29 is 9.90 Å². The van der Waals surface area contributed by atoms with Crippen LogP contribution >= 0.6 is 0 Å². The molecule has 2 aromatic rings. The van der Waals surface area contributed by atoms with Crippen LogP contribution in [0.15, 0.2) is 30.3 Å². The first-order valence-electron chi connectivity index (χ1n) is 8.20. The predicted octanol–water partition coefficient (Wildman–Crippen LogP) is 2.52. The summed E-state index contributed by atoms with van der Waals surface area (Å²) in [6, 6.07) is 8.59. The fraction of sp³-hybridized carbons (Fsp3) is 0.444. The number of aliphatic hydroxyl groups excluding tert-OH is 1. The number of benzene rings is 1. The normalized spacial score (nSPS) is 13.4. The van der Waals surface area contributed by atoms with E-state index in [2.05, 4.69) is 15.7 Å². The summed E-state index contributed by atoms with van der Waals surface area (Å²) >= 11 is 0. The van der Waals surface area contributed by atoms with Gasteiger partial charge in [0.05, 0.1) is 24.4 Å². The molecule has 2 unspecified atom stereocenters. The van der Waals surface area contributed by atoms with Gasteiger partial charge in [-0.3, -0.25) is 4.68 Å². The third kappa shape index (κ3) is 3.94. The highest BCUT2D eigenvalue weighted by molar-refractivity contribution is 5.75. The lowest BCUT2D eigenvalue weighted by Gasteiger charge is -2.22. The first-order valence-corrected chi connectivity index (χ1v) is 8.20. The van der Waals surface area contributed by atoms with Gasteiger partial charge in [0.1, 0.15) is 0 Å². The second kappa shape index (κ2) is 7.97. The van der Waals surface area contributed by atoms with Crippen LogP contribution in [0.2, 0.25) is 0 Å². The molecule has 2 amide bonds. The summed E-state index contributed by atoms with van der Waals surface area (Å²) in [7, 11) is 1.90. The highest BCUT2D eigenvalue weighted by Crippen LogP contribution is 2.23. The van der Waals surface area contributed by atoms with Crippen LogP contribution in [-0.2, 0) is 7.05 Å². The van der Waals surface area contributed by atoms with Crippen molar-refractivity contribution in [1.29, 1.82) is 0 Å². The number of hydrogen-bond donors (Lipinski definition) is 3. The minimum Gasteiger partial charge on any atom is -0.394 e. The van der Waals surface area contributed by atoms with Crippen molar-refractivity contribution in [2.45, 2.75) is 39.3 Å². The van der Waals surface area contributed by atoms with E-state index >= 15 is 0 Å². The molecule has 0 bridgehead atoms. The van der Waals surface area contributed by atoms with Gasteiger partial charge in [-0.2, -0.15) is 5.10 Å². The quantitative estimate of drug-likeness (QED) is 0.761. The topological polar surface area (TPSA) is 79.2 Å². The van der Waals surface area contributed by atoms with Crippen molar-refractivity contribution in [3.05, 3.63) is 52.8 Å². The molecule has 1 aromatic carbocycles. The number of carbonyl (C=O) groups is 1. The Labute approximate surface area is 142 Å². The molecule has 6 heteroatoms. The highest BCUT2D eigenvalue weighted by atomic mass is 16.3. The number of aryl methyl sites for hydroxylation is 2. The van der Waals surface area contributed by atoms with E-state index in [1.165, 1.54) is 0 Å². The molecule has 2 rings (SSSR count). The van der Waals surface area contributed by atoms with Gasteiger partial charge in [0.15, 0.2) is 0 Å². The second-order valence-corrected chi connectivity index (χ2v) is 5.93. The van der Waals surface area contributed by atoms with Gasteiger partial charge in [-0.1, -0.05) is 37.3 Å². The molecule has 6 nitrogen and oxygen atoms in total. The fourth-order valence-corrected chi connectivity index (χ4v) is 2.95. The molecule has 130 valence electrons. The van der Waals surface area contributed by atoms with E-state index in [-0.39, 0.29) is 18.7 Å². The summed E-state index contributed by atoms with van der Waals surface area (Å²) in [5, 5.41) is 19.8. The Hall–Kier alpha value is -2.34. The molecular weight excluding hydrogens is 304 g/mol. The van der Waals surface area contributed by atoms with E-state index in [1.54, 1.807) is 0 Å². The lowest BCUT2D eigenvalue weighted by Crippen LogP contribution is -2.41. The van der Waals surface area contributed by atoms with E-state index in [4.69, 9.17) is 0 Å². The Balaban J connectivity index is 2.09. The molecule has 0 aliphatic heterocycles. The molecule has 1 aromatic heterocycles.